The lowest BCUT2D eigenvalue weighted by Crippen LogP contribution is -2.01. The molecular formula is C14H10O6. The molecule has 3 aromatic rings. The van der Waals surface area contributed by atoms with E-state index in [1.54, 1.807) is 6.92 Å². The van der Waals surface area contributed by atoms with Crippen molar-refractivity contribution in [2.75, 3.05) is 0 Å². The van der Waals surface area contributed by atoms with Gasteiger partial charge in [0.2, 0.25) is 5.75 Å². The second-order valence-corrected chi connectivity index (χ2v) is 4.54. The summed E-state index contributed by atoms with van der Waals surface area (Å²) in [5.41, 5.74) is -0.145. The summed E-state index contributed by atoms with van der Waals surface area (Å²) in [6, 6.07) is 3.90. The topological polar surface area (TPSA) is 111 Å². The Morgan fingerprint density at radius 3 is 2.35 bits per heavy atom. The molecule has 0 fully saturated rings. The van der Waals surface area contributed by atoms with Gasteiger partial charge in [-0.2, -0.15) is 0 Å². The molecule has 0 aliphatic rings. The maximum atomic E-state index is 11.9. The summed E-state index contributed by atoms with van der Waals surface area (Å²) in [4.78, 5) is 11.9. The maximum absolute atomic E-state index is 11.9. The highest BCUT2D eigenvalue weighted by Gasteiger charge is 2.19. The molecule has 0 amide bonds. The van der Waals surface area contributed by atoms with E-state index in [2.05, 4.69) is 0 Å². The van der Waals surface area contributed by atoms with Crippen LogP contribution in [0.2, 0.25) is 0 Å². The molecule has 0 radical (unpaired) electrons. The monoisotopic (exact) mass is 274 g/mol. The molecule has 0 saturated heterocycles. The van der Waals surface area contributed by atoms with Gasteiger partial charge < -0.3 is 24.8 Å². The highest BCUT2D eigenvalue weighted by atomic mass is 16.4. The predicted molar refractivity (Wildman–Crippen MR) is 71.4 cm³/mol. The predicted octanol–water partition coefficient (Wildman–Crippen LogP) is 2.08. The fourth-order valence-corrected chi connectivity index (χ4v) is 2.36. The van der Waals surface area contributed by atoms with Crippen LogP contribution in [0.1, 0.15) is 5.56 Å². The molecule has 6 nitrogen and oxygen atoms in total. The van der Waals surface area contributed by atoms with Crippen molar-refractivity contribution in [3.05, 3.63) is 34.2 Å². The van der Waals surface area contributed by atoms with Gasteiger partial charge in [-0.3, -0.25) is 0 Å². The summed E-state index contributed by atoms with van der Waals surface area (Å²) < 4.78 is 5.04. The molecule has 4 N–H and O–H groups in total. The van der Waals surface area contributed by atoms with Gasteiger partial charge in [0.25, 0.3) is 0 Å². The number of rotatable bonds is 0. The zero-order valence-electron chi connectivity index (χ0n) is 10.3. The molecule has 0 unspecified atom stereocenters. The van der Waals surface area contributed by atoms with Crippen LogP contribution in [0.3, 0.4) is 0 Å². The molecule has 102 valence electrons. The third kappa shape index (κ3) is 1.48. The molecule has 0 aliphatic heterocycles. The average molecular weight is 274 g/mol. The molecule has 3 rings (SSSR count). The number of hydrogen-bond acceptors (Lipinski definition) is 6. The minimum absolute atomic E-state index is 0.0651. The van der Waals surface area contributed by atoms with Gasteiger partial charge in [0, 0.05) is 16.8 Å². The van der Waals surface area contributed by atoms with Gasteiger partial charge in [-0.1, -0.05) is 0 Å². The normalized spacial score (nSPS) is 11.2. The highest BCUT2D eigenvalue weighted by molar-refractivity contribution is 6.09. The Bertz CT molecular complexity index is 923. The smallest absolute Gasteiger partial charge is 0.348 e. The van der Waals surface area contributed by atoms with Crippen LogP contribution in [0.5, 0.6) is 23.0 Å². The molecule has 2 aromatic carbocycles. The summed E-state index contributed by atoms with van der Waals surface area (Å²) in [6.45, 7) is 1.68. The van der Waals surface area contributed by atoms with Gasteiger partial charge in [-0.15, -0.1) is 0 Å². The van der Waals surface area contributed by atoms with Gasteiger partial charge in [0.15, 0.2) is 11.5 Å². The lowest BCUT2D eigenvalue weighted by Gasteiger charge is -2.09. The molecule has 20 heavy (non-hydrogen) atoms. The zero-order valence-corrected chi connectivity index (χ0v) is 10.3. The van der Waals surface area contributed by atoms with Crippen molar-refractivity contribution in [1.29, 1.82) is 0 Å². The van der Waals surface area contributed by atoms with Crippen LogP contribution in [0.15, 0.2) is 27.4 Å². The number of fused-ring (bicyclic) bond motifs is 3. The third-order valence-corrected chi connectivity index (χ3v) is 3.21. The summed E-state index contributed by atoms with van der Waals surface area (Å²) in [5, 5.41) is 38.9. The largest absolute Gasteiger partial charge is 0.508 e. The number of aryl methyl sites for hydroxylation is 1. The van der Waals surface area contributed by atoms with Gasteiger partial charge in [0.05, 0.1) is 0 Å². The maximum Gasteiger partial charge on any atom is 0.348 e. The van der Waals surface area contributed by atoms with Crippen LogP contribution < -0.4 is 5.63 Å². The minimum atomic E-state index is -0.870. The summed E-state index contributed by atoms with van der Waals surface area (Å²) >= 11 is 0. The van der Waals surface area contributed by atoms with Crippen LogP contribution in [0.4, 0.5) is 0 Å². The Kier molecular flexibility index (Phi) is 2.31. The van der Waals surface area contributed by atoms with Crippen molar-refractivity contribution in [1.82, 2.24) is 0 Å². The van der Waals surface area contributed by atoms with E-state index in [1.165, 1.54) is 18.2 Å². The Morgan fingerprint density at radius 2 is 1.65 bits per heavy atom. The Hall–Kier alpha value is -2.89. The highest BCUT2D eigenvalue weighted by Crippen LogP contribution is 2.42. The van der Waals surface area contributed by atoms with Crippen molar-refractivity contribution in [3.63, 3.8) is 0 Å². The van der Waals surface area contributed by atoms with E-state index < -0.39 is 22.9 Å². The van der Waals surface area contributed by atoms with E-state index >= 15 is 0 Å². The first-order valence-corrected chi connectivity index (χ1v) is 5.74. The van der Waals surface area contributed by atoms with E-state index in [-0.39, 0.29) is 22.1 Å². The van der Waals surface area contributed by atoms with Crippen molar-refractivity contribution < 1.29 is 24.8 Å². The second kappa shape index (κ2) is 3.80. The Morgan fingerprint density at radius 1 is 0.950 bits per heavy atom. The lowest BCUT2D eigenvalue weighted by molar-refractivity contribution is 0.370. The van der Waals surface area contributed by atoms with E-state index in [1.807, 2.05) is 0 Å². The van der Waals surface area contributed by atoms with E-state index in [0.29, 0.717) is 10.9 Å². The Labute approximate surface area is 111 Å². The van der Waals surface area contributed by atoms with Gasteiger partial charge in [-0.05, 0) is 24.6 Å². The van der Waals surface area contributed by atoms with Crippen molar-refractivity contribution in [2.24, 2.45) is 0 Å². The fraction of sp³-hybridized carbons (Fsp3) is 0.0714. The number of phenols is 4. The van der Waals surface area contributed by atoms with Crippen LogP contribution in [0.25, 0.3) is 21.7 Å². The SMILES string of the molecule is Cc1cc(O)cc2oc(=O)c3c(O)c(O)c(O)cc3c12. The number of phenolic OH excluding ortho intramolecular Hbond substituents is 4. The van der Waals surface area contributed by atoms with Crippen molar-refractivity contribution in [2.45, 2.75) is 6.92 Å². The van der Waals surface area contributed by atoms with E-state index in [9.17, 15) is 25.2 Å². The quantitative estimate of drug-likeness (QED) is 0.284. The molecule has 1 heterocycles. The van der Waals surface area contributed by atoms with Crippen LogP contribution >= 0.6 is 0 Å². The van der Waals surface area contributed by atoms with E-state index in [0.717, 1.165) is 0 Å². The number of hydrogen-bond donors (Lipinski definition) is 4. The number of benzene rings is 2. The summed E-state index contributed by atoms with van der Waals surface area (Å²) in [7, 11) is 0. The second-order valence-electron chi connectivity index (χ2n) is 4.54. The first-order chi connectivity index (χ1) is 9.40. The first-order valence-electron chi connectivity index (χ1n) is 5.74. The van der Waals surface area contributed by atoms with Crippen LogP contribution in [0, 0.1) is 6.92 Å². The standard InChI is InChI=1S/C14H10O6/c1-5-2-6(15)3-9-10(5)7-4-8(16)12(17)13(18)11(7)14(19)20-9/h2-4,15-18H,1H3. The summed E-state index contributed by atoms with van der Waals surface area (Å²) in [6.07, 6.45) is 0. The first kappa shape index (κ1) is 12.2. The van der Waals surface area contributed by atoms with Gasteiger partial charge >= 0.3 is 5.63 Å². The molecule has 0 spiro atoms. The summed E-state index contributed by atoms with van der Waals surface area (Å²) in [5.74, 6) is -2.12. The van der Waals surface area contributed by atoms with Gasteiger partial charge in [-0.25, -0.2) is 4.79 Å². The van der Waals surface area contributed by atoms with Crippen molar-refractivity contribution in [3.8, 4) is 23.0 Å². The number of aromatic hydroxyl groups is 4. The minimum Gasteiger partial charge on any atom is -0.508 e. The molecule has 0 saturated carbocycles. The van der Waals surface area contributed by atoms with Gasteiger partial charge in [0.1, 0.15) is 16.7 Å². The van der Waals surface area contributed by atoms with E-state index in [4.69, 9.17) is 4.42 Å². The Balaban J connectivity index is 2.71. The van der Waals surface area contributed by atoms with Crippen molar-refractivity contribution >= 4 is 21.7 Å². The van der Waals surface area contributed by atoms with Crippen LogP contribution in [-0.4, -0.2) is 20.4 Å². The molecule has 0 atom stereocenters. The third-order valence-electron chi connectivity index (χ3n) is 3.21. The van der Waals surface area contributed by atoms with Crippen LogP contribution in [-0.2, 0) is 0 Å². The lowest BCUT2D eigenvalue weighted by atomic mass is 10.0. The average Bonchev–Trinajstić information content (AvgIpc) is 2.34. The fourth-order valence-electron chi connectivity index (χ4n) is 2.36. The molecular weight excluding hydrogens is 264 g/mol. The molecule has 0 aliphatic carbocycles. The molecule has 1 aromatic heterocycles. The molecule has 6 heteroatoms. The molecule has 0 bridgehead atoms. The zero-order chi connectivity index (χ0) is 14.6.